The van der Waals surface area contributed by atoms with Crippen molar-refractivity contribution in [2.24, 2.45) is 0 Å². The van der Waals surface area contributed by atoms with E-state index in [1.807, 2.05) is 43.3 Å². The molecule has 1 aliphatic heterocycles. The van der Waals surface area contributed by atoms with Crippen LogP contribution in [-0.2, 0) is 4.74 Å². The summed E-state index contributed by atoms with van der Waals surface area (Å²) in [5.74, 6) is 0.501. The standard InChI is InChI=1S/C21H23N5O3/c1-2-28-17-7-5-16(6-8-17)26-20(15-9-11-22-12-10-15)19(24-25-26)21(27)23-14-18-4-3-13-29-18/h5-12,18H,2-4,13-14H2,1H3,(H,23,27)/t18-/m0/s1. The molecule has 1 amide bonds. The summed E-state index contributed by atoms with van der Waals surface area (Å²) >= 11 is 0. The number of benzene rings is 1. The Morgan fingerprint density at radius 3 is 2.72 bits per heavy atom. The molecule has 3 aromatic rings. The van der Waals surface area contributed by atoms with Gasteiger partial charge in [-0.3, -0.25) is 9.78 Å². The molecule has 3 heterocycles. The molecule has 1 N–H and O–H groups in total. The number of hydrogen-bond acceptors (Lipinski definition) is 6. The van der Waals surface area contributed by atoms with Gasteiger partial charge in [0.1, 0.15) is 11.4 Å². The fourth-order valence-corrected chi connectivity index (χ4v) is 3.33. The maximum Gasteiger partial charge on any atom is 0.274 e. The summed E-state index contributed by atoms with van der Waals surface area (Å²) in [4.78, 5) is 16.9. The molecule has 1 saturated heterocycles. The normalized spacial score (nSPS) is 16.0. The van der Waals surface area contributed by atoms with Crippen molar-refractivity contribution >= 4 is 5.91 Å². The van der Waals surface area contributed by atoms with Gasteiger partial charge in [0, 0.05) is 31.1 Å². The summed E-state index contributed by atoms with van der Waals surface area (Å²) in [5.41, 5.74) is 2.47. The SMILES string of the molecule is CCOc1ccc(-n2nnc(C(=O)NC[C@@H]3CCCO3)c2-c2ccncc2)cc1. The van der Waals surface area contributed by atoms with Gasteiger partial charge in [-0.05, 0) is 56.2 Å². The molecule has 0 radical (unpaired) electrons. The lowest BCUT2D eigenvalue weighted by molar-refractivity contribution is 0.0854. The number of carbonyl (C=O) groups excluding carboxylic acids is 1. The molecule has 29 heavy (non-hydrogen) atoms. The second-order valence-electron chi connectivity index (χ2n) is 6.71. The molecule has 4 rings (SSSR count). The number of ether oxygens (including phenoxy) is 2. The van der Waals surface area contributed by atoms with E-state index >= 15 is 0 Å². The third-order valence-corrected chi connectivity index (χ3v) is 4.75. The van der Waals surface area contributed by atoms with Crippen molar-refractivity contribution in [2.75, 3.05) is 19.8 Å². The van der Waals surface area contributed by atoms with Crippen LogP contribution in [0.5, 0.6) is 5.75 Å². The van der Waals surface area contributed by atoms with E-state index in [0.29, 0.717) is 18.8 Å². The molecule has 1 aliphatic rings. The summed E-state index contributed by atoms with van der Waals surface area (Å²) in [5, 5.41) is 11.4. The number of amides is 1. The Morgan fingerprint density at radius 2 is 2.03 bits per heavy atom. The van der Waals surface area contributed by atoms with Crippen molar-refractivity contribution in [1.82, 2.24) is 25.3 Å². The molecular weight excluding hydrogens is 370 g/mol. The highest BCUT2D eigenvalue weighted by Gasteiger charge is 2.24. The molecule has 0 aliphatic carbocycles. The average Bonchev–Trinajstić information content (AvgIpc) is 3.43. The predicted molar refractivity (Wildman–Crippen MR) is 107 cm³/mol. The minimum atomic E-state index is -0.274. The molecule has 8 nitrogen and oxygen atoms in total. The van der Waals surface area contributed by atoms with Crippen molar-refractivity contribution in [3.8, 4) is 22.7 Å². The maximum absolute atomic E-state index is 12.9. The predicted octanol–water partition coefficient (Wildman–Crippen LogP) is 2.64. The second kappa shape index (κ2) is 8.83. The van der Waals surface area contributed by atoms with Crippen LogP contribution in [0.4, 0.5) is 0 Å². The monoisotopic (exact) mass is 393 g/mol. The number of nitrogens with zero attached hydrogens (tertiary/aromatic N) is 4. The van der Waals surface area contributed by atoms with Gasteiger partial charge in [0.25, 0.3) is 5.91 Å². The molecule has 150 valence electrons. The van der Waals surface area contributed by atoms with E-state index < -0.39 is 0 Å². The average molecular weight is 393 g/mol. The molecule has 1 fully saturated rings. The van der Waals surface area contributed by atoms with Crippen LogP contribution >= 0.6 is 0 Å². The lowest BCUT2D eigenvalue weighted by Crippen LogP contribution is -2.32. The molecule has 0 saturated carbocycles. The maximum atomic E-state index is 12.9. The van der Waals surface area contributed by atoms with Gasteiger partial charge in [0.05, 0.1) is 18.4 Å². The van der Waals surface area contributed by atoms with Crippen molar-refractivity contribution in [2.45, 2.75) is 25.9 Å². The Bertz CT molecular complexity index is 950. The van der Waals surface area contributed by atoms with Gasteiger partial charge in [-0.15, -0.1) is 5.10 Å². The highest BCUT2D eigenvalue weighted by molar-refractivity contribution is 5.98. The third-order valence-electron chi connectivity index (χ3n) is 4.75. The number of rotatable bonds is 7. The minimum absolute atomic E-state index is 0.0597. The van der Waals surface area contributed by atoms with Crippen molar-refractivity contribution in [3.63, 3.8) is 0 Å². The lowest BCUT2D eigenvalue weighted by Gasteiger charge is -2.11. The smallest absolute Gasteiger partial charge is 0.274 e. The Labute approximate surface area is 168 Å². The molecule has 0 spiro atoms. The first-order chi connectivity index (χ1) is 14.3. The van der Waals surface area contributed by atoms with Crippen LogP contribution in [0.2, 0.25) is 0 Å². The van der Waals surface area contributed by atoms with E-state index in [1.54, 1.807) is 17.1 Å². The first kappa shape index (κ1) is 19.1. The number of hydrogen-bond donors (Lipinski definition) is 1. The number of nitrogens with one attached hydrogen (secondary N) is 1. The molecule has 1 atom stereocenters. The van der Waals surface area contributed by atoms with Crippen LogP contribution < -0.4 is 10.1 Å². The van der Waals surface area contributed by atoms with Gasteiger partial charge >= 0.3 is 0 Å². The Hall–Kier alpha value is -3.26. The summed E-state index contributed by atoms with van der Waals surface area (Å²) in [6.07, 6.45) is 5.40. The first-order valence-electron chi connectivity index (χ1n) is 9.75. The molecule has 2 aromatic heterocycles. The number of carbonyl (C=O) groups is 1. The third kappa shape index (κ3) is 4.27. The molecular formula is C21H23N5O3. The largest absolute Gasteiger partial charge is 0.494 e. The zero-order valence-electron chi connectivity index (χ0n) is 16.2. The van der Waals surface area contributed by atoms with Gasteiger partial charge in [-0.25, -0.2) is 4.68 Å². The first-order valence-corrected chi connectivity index (χ1v) is 9.75. The summed E-state index contributed by atoms with van der Waals surface area (Å²) < 4.78 is 12.7. The van der Waals surface area contributed by atoms with Crippen LogP contribution in [0.25, 0.3) is 16.9 Å². The fraction of sp³-hybridized carbons (Fsp3) is 0.333. The van der Waals surface area contributed by atoms with Crippen LogP contribution in [0.15, 0.2) is 48.8 Å². The number of aromatic nitrogens is 4. The summed E-state index contributed by atoms with van der Waals surface area (Å²) in [6.45, 7) is 3.75. The quantitative estimate of drug-likeness (QED) is 0.664. The fourth-order valence-electron chi connectivity index (χ4n) is 3.33. The zero-order valence-corrected chi connectivity index (χ0v) is 16.2. The molecule has 8 heteroatoms. The van der Waals surface area contributed by atoms with Gasteiger partial charge in [0.15, 0.2) is 5.69 Å². The lowest BCUT2D eigenvalue weighted by atomic mass is 10.1. The Balaban J connectivity index is 1.65. The van der Waals surface area contributed by atoms with Gasteiger partial charge in [-0.2, -0.15) is 0 Å². The molecule has 1 aromatic carbocycles. The molecule has 0 unspecified atom stereocenters. The van der Waals surface area contributed by atoms with E-state index in [-0.39, 0.29) is 17.7 Å². The summed E-state index contributed by atoms with van der Waals surface area (Å²) in [7, 11) is 0. The van der Waals surface area contributed by atoms with Gasteiger partial charge < -0.3 is 14.8 Å². The van der Waals surface area contributed by atoms with E-state index in [4.69, 9.17) is 9.47 Å². The second-order valence-corrected chi connectivity index (χ2v) is 6.71. The highest BCUT2D eigenvalue weighted by atomic mass is 16.5. The van der Waals surface area contributed by atoms with Crippen molar-refractivity contribution in [1.29, 1.82) is 0 Å². The van der Waals surface area contributed by atoms with E-state index in [2.05, 4.69) is 20.6 Å². The topological polar surface area (TPSA) is 91.2 Å². The van der Waals surface area contributed by atoms with Gasteiger partial charge in [0.2, 0.25) is 0 Å². The Kier molecular flexibility index (Phi) is 5.81. The highest BCUT2D eigenvalue weighted by Crippen LogP contribution is 2.26. The molecule has 0 bridgehead atoms. The zero-order chi connectivity index (χ0) is 20.1. The van der Waals surface area contributed by atoms with Crippen molar-refractivity contribution < 1.29 is 14.3 Å². The number of pyridine rings is 1. The van der Waals surface area contributed by atoms with Crippen LogP contribution in [0.1, 0.15) is 30.3 Å². The van der Waals surface area contributed by atoms with E-state index in [9.17, 15) is 4.79 Å². The summed E-state index contributed by atoms with van der Waals surface area (Å²) in [6, 6.07) is 11.2. The van der Waals surface area contributed by atoms with Crippen LogP contribution in [0.3, 0.4) is 0 Å². The van der Waals surface area contributed by atoms with E-state index in [0.717, 1.165) is 36.4 Å². The minimum Gasteiger partial charge on any atom is -0.494 e. The van der Waals surface area contributed by atoms with Crippen molar-refractivity contribution in [3.05, 3.63) is 54.5 Å². The van der Waals surface area contributed by atoms with Crippen LogP contribution in [0, 0.1) is 0 Å². The van der Waals surface area contributed by atoms with Crippen LogP contribution in [-0.4, -0.2) is 51.7 Å². The van der Waals surface area contributed by atoms with E-state index in [1.165, 1.54) is 0 Å². The van der Waals surface area contributed by atoms with Gasteiger partial charge in [-0.1, -0.05) is 5.21 Å². The Morgan fingerprint density at radius 1 is 1.24 bits per heavy atom.